The summed E-state index contributed by atoms with van der Waals surface area (Å²) in [6.45, 7) is 4.12. The van der Waals surface area contributed by atoms with Gasteiger partial charge in [0.25, 0.3) is 0 Å². The maximum atomic E-state index is 5.89. The van der Waals surface area contributed by atoms with Gasteiger partial charge in [-0.3, -0.25) is 0 Å². The van der Waals surface area contributed by atoms with E-state index < -0.39 is 0 Å². The van der Waals surface area contributed by atoms with Crippen LogP contribution in [-0.2, 0) is 12.7 Å². The third kappa shape index (κ3) is 1.47. The molecule has 0 atom stereocenters. The Balaban J connectivity index is 3.25. The molecule has 0 amide bonds. The van der Waals surface area contributed by atoms with Crippen LogP contribution in [0.25, 0.3) is 0 Å². The summed E-state index contributed by atoms with van der Waals surface area (Å²) in [7, 11) is 5.62. The highest BCUT2D eigenvalue weighted by Crippen LogP contribution is 2.21. The zero-order valence-corrected chi connectivity index (χ0v) is 7.72. The van der Waals surface area contributed by atoms with Crippen molar-refractivity contribution in [3.8, 4) is 0 Å². The summed E-state index contributed by atoms with van der Waals surface area (Å²) in [5.41, 5.74) is 10.2. The minimum Gasteiger partial charge on any atom is -0.398 e. The highest BCUT2D eigenvalue weighted by atomic mass is 14.6. The molecule has 0 fully saturated rings. The minimum atomic E-state index is 0.538. The van der Waals surface area contributed by atoms with E-state index in [4.69, 9.17) is 13.6 Å². The molecule has 0 aromatic heterocycles. The number of hydrogen-bond donors (Lipinski definition) is 1. The fourth-order valence-corrected chi connectivity index (χ4v) is 1.40. The number of nitrogen functional groups attached to an aromatic ring is 1. The Morgan fingerprint density at radius 1 is 1.42 bits per heavy atom. The number of benzene rings is 1. The molecule has 62 valence electrons. The first-order valence-electron chi connectivity index (χ1n) is 4.27. The van der Waals surface area contributed by atoms with Crippen molar-refractivity contribution in [2.75, 3.05) is 5.73 Å². The molecule has 0 aliphatic rings. The number of nitrogens with two attached hydrogens (primary N) is 1. The Kier molecular flexibility index (Phi) is 2.80. The van der Waals surface area contributed by atoms with E-state index in [1.807, 2.05) is 13.0 Å². The highest BCUT2D eigenvalue weighted by molar-refractivity contribution is 6.09. The molecule has 12 heavy (non-hydrogen) atoms. The standard InChI is InChI=1S/C10H14BN/c1-3-8-5-4-7(2)10(12)9(8)6-11/h4-5H,3,6,12H2,1-2H3. The van der Waals surface area contributed by atoms with E-state index in [-0.39, 0.29) is 0 Å². The van der Waals surface area contributed by atoms with Crippen LogP contribution >= 0.6 is 0 Å². The van der Waals surface area contributed by atoms with Crippen LogP contribution in [0, 0.1) is 6.92 Å². The topological polar surface area (TPSA) is 26.0 Å². The van der Waals surface area contributed by atoms with Crippen molar-refractivity contribution in [1.82, 2.24) is 0 Å². The molecule has 2 heteroatoms. The smallest absolute Gasteiger partial charge is 0.0717 e. The molecule has 0 spiro atoms. The first-order chi connectivity index (χ1) is 5.70. The Morgan fingerprint density at radius 2 is 2.08 bits per heavy atom. The average Bonchev–Trinajstić information content (AvgIpc) is 2.09. The van der Waals surface area contributed by atoms with Gasteiger partial charge in [0.05, 0.1) is 7.85 Å². The van der Waals surface area contributed by atoms with Crippen LogP contribution in [0.3, 0.4) is 0 Å². The molecule has 0 aliphatic heterocycles. The van der Waals surface area contributed by atoms with Gasteiger partial charge in [-0.1, -0.05) is 25.4 Å². The lowest BCUT2D eigenvalue weighted by atomic mass is 9.89. The molecule has 0 aliphatic carbocycles. The van der Waals surface area contributed by atoms with E-state index in [1.165, 1.54) is 5.56 Å². The predicted octanol–water partition coefficient (Wildman–Crippen LogP) is 1.81. The Labute approximate surface area is 75.4 Å². The fraction of sp³-hybridized carbons (Fsp3) is 0.400. The van der Waals surface area contributed by atoms with E-state index >= 15 is 0 Å². The number of aryl methyl sites for hydroxylation is 2. The van der Waals surface area contributed by atoms with Crippen molar-refractivity contribution >= 4 is 13.5 Å². The molecular formula is C10H14BN. The molecule has 1 nitrogen and oxygen atoms in total. The zero-order valence-electron chi connectivity index (χ0n) is 7.72. The quantitative estimate of drug-likeness (QED) is 0.516. The van der Waals surface area contributed by atoms with Crippen LogP contribution < -0.4 is 5.73 Å². The molecular weight excluding hydrogens is 145 g/mol. The summed E-state index contributed by atoms with van der Waals surface area (Å²) in [5, 5.41) is 0. The van der Waals surface area contributed by atoms with Gasteiger partial charge >= 0.3 is 0 Å². The summed E-state index contributed by atoms with van der Waals surface area (Å²) in [6.07, 6.45) is 1.54. The lowest BCUT2D eigenvalue weighted by molar-refractivity contribution is 1.10. The summed E-state index contributed by atoms with van der Waals surface area (Å²) in [4.78, 5) is 0. The summed E-state index contributed by atoms with van der Waals surface area (Å²) >= 11 is 0. The molecule has 0 saturated heterocycles. The van der Waals surface area contributed by atoms with Crippen LogP contribution in [0.4, 0.5) is 5.69 Å². The number of anilines is 1. The second-order valence-corrected chi connectivity index (χ2v) is 2.99. The predicted molar refractivity (Wildman–Crippen MR) is 54.4 cm³/mol. The van der Waals surface area contributed by atoms with Crippen LogP contribution in [-0.4, -0.2) is 7.85 Å². The van der Waals surface area contributed by atoms with E-state index in [0.717, 1.165) is 23.2 Å². The minimum absolute atomic E-state index is 0.538. The van der Waals surface area contributed by atoms with Gasteiger partial charge in [0.1, 0.15) is 0 Å². The van der Waals surface area contributed by atoms with Gasteiger partial charge in [-0.15, -0.1) is 0 Å². The Hall–Kier alpha value is -0.915. The van der Waals surface area contributed by atoms with Gasteiger partial charge in [-0.05, 0) is 30.0 Å². The van der Waals surface area contributed by atoms with Gasteiger partial charge in [0.15, 0.2) is 0 Å². The number of hydrogen-bond acceptors (Lipinski definition) is 1. The summed E-state index contributed by atoms with van der Waals surface area (Å²) < 4.78 is 0. The van der Waals surface area contributed by atoms with Crippen LogP contribution in [0.2, 0.25) is 0 Å². The van der Waals surface area contributed by atoms with Crippen LogP contribution in [0.15, 0.2) is 12.1 Å². The van der Waals surface area contributed by atoms with Gasteiger partial charge in [-0.25, -0.2) is 0 Å². The number of rotatable bonds is 2. The van der Waals surface area contributed by atoms with Crippen molar-refractivity contribution in [3.63, 3.8) is 0 Å². The first-order valence-corrected chi connectivity index (χ1v) is 4.27. The molecule has 2 N–H and O–H groups in total. The first kappa shape index (κ1) is 9.18. The lowest BCUT2D eigenvalue weighted by Gasteiger charge is -2.11. The van der Waals surface area contributed by atoms with Crippen LogP contribution in [0.5, 0.6) is 0 Å². The van der Waals surface area contributed by atoms with E-state index in [0.29, 0.717) is 6.32 Å². The molecule has 1 rings (SSSR count). The molecule has 2 radical (unpaired) electrons. The monoisotopic (exact) mass is 159 g/mol. The Bertz CT molecular complexity index is 281. The van der Waals surface area contributed by atoms with Crippen molar-refractivity contribution in [3.05, 3.63) is 28.8 Å². The third-order valence-electron chi connectivity index (χ3n) is 2.26. The SMILES string of the molecule is [B]Cc1c(CC)ccc(C)c1N. The van der Waals surface area contributed by atoms with Gasteiger partial charge in [-0.2, -0.15) is 0 Å². The summed E-state index contributed by atoms with van der Waals surface area (Å²) in [5.74, 6) is 0. The molecule has 1 aromatic rings. The van der Waals surface area contributed by atoms with Crippen molar-refractivity contribution in [1.29, 1.82) is 0 Å². The average molecular weight is 159 g/mol. The molecule has 1 aromatic carbocycles. The largest absolute Gasteiger partial charge is 0.398 e. The molecule has 0 unspecified atom stereocenters. The van der Waals surface area contributed by atoms with E-state index in [1.54, 1.807) is 0 Å². The van der Waals surface area contributed by atoms with E-state index in [9.17, 15) is 0 Å². The molecule has 0 bridgehead atoms. The molecule has 0 saturated carbocycles. The lowest BCUT2D eigenvalue weighted by Crippen LogP contribution is -2.01. The Morgan fingerprint density at radius 3 is 2.58 bits per heavy atom. The maximum absolute atomic E-state index is 5.89. The second kappa shape index (κ2) is 3.66. The van der Waals surface area contributed by atoms with Crippen molar-refractivity contribution in [2.24, 2.45) is 0 Å². The maximum Gasteiger partial charge on any atom is 0.0717 e. The zero-order chi connectivity index (χ0) is 9.14. The van der Waals surface area contributed by atoms with Crippen molar-refractivity contribution in [2.45, 2.75) is 26.6 Å². The van der Waals surface area contributed by atoms with Gasteiger partial charge in [0.2, 0.25) is 0 Å². The fourth-order valence-electron chi connectivity index (χ4n) is 1.40. The third-order valence-corrected chi connectivity index (χ3v) is 2.26. The molecule has 0 heterocycles. The summed E-state index contributed by atoms with van der Waals surface area (Å²) in [6, 6.07) is 4.15. The van der Waals surface area contributed by atoms with Crippen molar-refractivity contribution < 1.29 is 0 Å². The normalized spacial score (nSPS) is 10.2. The second-order valence-electron chi connectivity index (χ2n) is 2.99. The van der Waals surface area contributed by atoms with Gasteiger partial charge < -0.3 is 5.73 Å². The van der Waals surface area contributed by atoms with Crippen LogP contribution in [0.1, 0.15) is 23.6 Å². The highest BCUT2D eigenvalue weighted by Gasteiger charge is 2.04. The van der Waals surface area contributed by atoms with E-state index in [2.05, 4.69) is 13.0 Å². The van der Waals surface area contributed by atoms with Gasteiger partial charge in [0, 0.05) is 5.69 Å².